The van der Waals surface area contributed by atoms with Crippen molar-refractivity contribution in [1.29, 1.82) is 0 Å². The number of nitrogens with one attached hydrogen (secondary N) is 1. The summed E-state index contributed by atoms with van der Waals surface area (Å²) in [5.74, 6) is -1.93. The van der Waals surface area contributed by atoms with E-state index in [0.717, 1.165) is 11.8 Å². The Hall–Kier alpha value is -2.99. The predicted octanol–water partition coefficient (Wildman–Crippen LogP) is 4.69. The van der Waals surface area contributed by atoms with Crippen LogP contribution in [-0.4, -0.2) is 23.5 Å². The molecule has 3 aromatic rings. The third kappa shape index (κ3) is 4.12. The van der Waals surface area contributed by atoms with Crippen LogP contribution in [0.5, 0.6) is 0 Å². The molecule has 0 fully saturated rings. The standard InChI is InChI=1S/C21H18ClFN2O3/c1-3-16-12(2)20(14-6-4-5-7-17(14)24-16)21(27)28-11-19(26)25-18-10-13(22)8-9-15(18)23/h4-10H,3,11H2,1-2H3,(H,25,26). The number of ether oxygens (including phenoxy) is 1. The highest BCUT2D eigenvalue weighted by atomic mass is 35.5. The van der Waals surface area contributed by atoms with Crippen LogP contribution < -0.4 is 5.32 Å². The number of fused-ring (bicyclic) bond motifs is 1. The van der Waals surface area contributed by atoms with E-state index < -0.39 is 24.3 Å². The number of hydrogen-bond acceptors (Lipinski definition) is 4. The number of carbonyl (C=O) groups is 2. The minimum absolute atomic E-state index is 0.0765. The second-order valence-corrected chi connectivity index (χ2v) is 6.61. The molecule has 0 aliphatic heterocycles. The van der Waals surface area contributed by atoms with Crippen LogP contribution in [0.25, 0.3) is 10.9 Å². The minimum atomic E-state index is -0.666. The number of rotatable bonds is 5. The van der Waals surface area contributed by atoms with E-state index in [-0.39, 0.29) is 10.7 Å². The van der Waals surface area contributed by atoms with Gasteiger partial charge in [-0.3, -0.25) is 9.78 Å². The van der Waals surface area contributed by atoms with Gasteiger partial charge in [0.15, 0.2) is 6.61 Å². The lowest BCUT2D eigenvalue weighted by molar-refractivity contribution is -0.119. The zero-order valence-electron chi connectivity index (χ0n) is 15.4. The normalized spacial score (nSPS) is 10.7. The molecule has 5 nitrogen and oxygen atoms in total. The van der Waals surface area contributed by atoms with Crippen LogP contribution in [0.2, 0.25) is 5.02 Å². The van der Waals surface area contributed by atoms with Gasteiger partial charge in [-0.05, 0) is 43.2 Å². The van der Waals surface area contributed by atoms with Crippen LogP contribution in [0.15, 0.2) is 42.5 Å². The number of esters is 1. The van der Waals surface area contributed by atoms with Crippen LogP contribution in [-0.2, 0) is 16.0 Å². The molecule has 7 heteroatoms. The quantitative estimate of drug-likeness (QED) is 0.630. The van der Waals surface area contributed by atoms with Crippen molar-refractivity contribution in [2.45, 2.75) is 20.3 Å². The van der Waals surface area contributed by atoms with Gasteiger partial charge in [0.05, 0.1) is 16.8 Å². The lowest BCUT2D eigenvalue weighted by Gasteiger charge is -2.13. The van der Waals surface area contributed by atoms with Crippen LogP contribution >= 0.6 is 11.6 Å². The third-order valence-electron chi connectivity index (χ3n) is 4.31. The number of nitrogens with zero attached hydrogens (tertiary/aromatic N) is 1. The molecule has 28 heavy (non-hydrogen) atoms. The van der Waals surface area contributed by atoms with Gasteiger partial charge < -0.3 is 10.1 Å². The second-order valence-electron chi connectivity index (χ2n) is 6.18. The van der Waals surface area contributed by atoms with Gasteiger partial charge in [-0.15, -0.1) is 0 Å². The first-order chi connectivity index (χ1) is 13.4. The van der Waals surface area contributed by atoms with Crippen molar-refractivity contribution in [2.75, 3.05) is 11.9 Å². The Balaban J connectivity index is 1.79. The lowest BCUT2D eigenvalue weighted by atomic mass is 10.0. The number of aromatic nitrogens is 1. The summed E-state index contributed by atoms with van der Waals surface area (Å²) < 4.78 is 18.9. The number of amides is 1. The summed E-state index contributed by atoms with van der Waals surface area (Å²) >= 11 is 5.80. The van der Waals surface area contributed by atoms with E-state index in [4.69, 9.17) is 16.3 Å². The molecule has 0 saturated heterocycles. The van der Waals surface area contributed by atoms with Gasteiger partial charge in [0.2, 0.25) is 0 Å². The van der Waals surface area contributed by atoms with Gasteiger partial charge in [-0.2, -0.15) is 0 Å². The van der Waals surface area contributed by atoms with Crippen LogP contribution in [0, 0.1) is 12.7 Å². The number of aryl methyl sites for hydroxylation is 1. The Kier molecular flexibility index (Phi) is 5.90. The Morgan fingerprint density at radius 3 is 2.71 bits per heavy atom. The molecule has 0 aliphatic rings. The fraction of sp³-hybridized carbons (Fsp3) is 0.190. The number of carbonyl (C=O) groups excluding carboxylic acids is 2. The molecule has 0 bridgehead atoms. The van der Waals surface area contributed by atoms with Gasteiger partial charge in [-0.1, -0.05) is 36.7 Å². The Morgan fingerprint density at radius 1 is 1.21 bits per heavy atom. The smallest absolute Gasteiger partial charge is 0.339 e. The average Bonchev–Trinajstić information content (AvgIpc) is 2.68. The summed E-state index contributed by atoms with van der Waals surface area (Å²) in [5.41, 5.74) is 2.49. The second kappa shape index (κ2) is 8.35. The molecule has 0 radical (unpaired) electrons. The van der Waals surface area contributed by atoms with Crippen molar-refractivity contribution in [3.05, 3.63) is 70.1 Å². The first-order valence-electron chi connectivity index (χ1n) is 8.71. The van der Waals surface area contributed by atoms with E-state index in [1.165, 1.54) is 12.1 Å². The molecule has 0 aliphatic carbocycles. The number of halogens is 2. The highest BCUT2D eigenvalue weighted by molar-refractivity contribution is 6.30. The Bertz CT molecular complexity index is 1070. The van der Waals surface area contributed by atoms with E-state index in [1.807, 2.05) is 19.1 Å². The van der Waals surface area contributed by atoms with Crippen molar-refractivity contribution in [1.82, 2.24) is 4.98 Å². The van der Waals surface area contributed by atoms with E-state index in [1.54, 1.807) is 19.1 Å². The molecule has 1 aromatic heterocycles. The molecule has 0 unspecified atom stereocenters. The molecule has 1 N–H and O–H groups in total. The van der Waals surface area contributed by atoms with Crippen molar-refractivity contribution in [3.63, 3.8) is 0 Å². The average molecular weight is 401 g/mol. The largest absolute Gasteiger partial charge is 0.452 e. The van der Waals surface area contributed by atoms with E-state index in [0.29, 0.717) is 28.5 Å². The fourth-order valence-electron chi connectivity index (χ4n) is 2.95. The summed E-state index contributed by atoms with van der Waals surface area (Å²) in [5, 5.41) is 3.28. The topological polar surface area (TPSA) is 68.3 Å². The molecule has 2 aromatic carbocycles. The third-order valence-corrected chi connectivity index (χ3v) is 4.55. The van der Waals surface area contributed by atoms with Gasteiger partial charge in [-0.25, -0.2) is 9.18 Å². The Labute approximate surface area is 166 Å². The number of pyridine rings is 1. The Morgan fingerprint density at radius 2 is 1.96 bits per heavy atom. The number of hydrogen-bond donors (Lipinski definition) is 1. The maximum Gasteiger partial charge on any atom is 0.339 e. The van der Waals surface area contributed by atoms with Crippen molar-refractivity contribution < 1.29 is 18.7 Å². The number of anilines is 1. The lowest BCUT2D eigenvalue weighted by Crippen LogP contribution is -2.22. The van der Waals surface area contributed by atoms with Gasteiger partial charge >= 0.3 is 5.97 Å². The molecular weight excluding hydrogens is 383 g/mol. The summed E-state index contributed by atoms with van der Waals surface area (Å²) in [6.07, 6.45) is 0.658. The van der Waals surface area contributed by atoms with Gasteiger partial charge in [0.25, 0.3) is 5.91 Å². The van der Waals surface area contributed by atoms with E-state index >= 15 is 0 Å². The molecule has 3 rings (SSSR count). The molecule has 1 heterocycles. The van der Waals surface area contributed by atoms with Crippen molar-refractivity contribution in [2.24, 2.45) is 0 Å². The highest BCUT2D eigenvalue weighted by Crippen LogP contribution is 2.24. The monoisotopic (exact) mass is 400 g/mol. The molecule has 1 amide bonds. The molecule has 0 atom stereocenters. The van der Waals surface area contributed by atoms with Crippen LogP contribution in [0.4, 0.5) is 10.1 Å². The number of benzene rings is 2. The van der Waals surface area contributed by atoms with E-state index in [9.17, 15) is 14.0 Å². The van der Waals surface area contributed by atoms with Crippen molar-refractivity contribution >= 4 is 40.1 Å². The van der Waals surface area contributed by atoms with Gasteiger partial charge in [0.1, 0.15) is 5.82 Å². The SMILES string of the molecule is CCc1nc2ccccc2c(C(=O)OCC(=O)Nc2cc(Cl)ccc2F)c1C. The maximum atomic E-state index is 13.7. The first-order valence-corrected chi connectivity index (χ1v) is 9.08. The van der Waals surface area contributed by atoms with Gasteiger partial charge in [0, 0.05) is 16.1 Å². The molecule has 0 saturated carbocycles. The predicted molar refractivity (Wildman–Crippen MR) is 106 cm³/mol. The molecular formula is C21H18ClFN2O3. The summed E-state index contributed by atoms with van der Waals surface area (Å²) in [6.45, 7) is 3.20. The maximum absolute atomic E-state index is 13.7. The van der Waals surface area contributed by atoms with Crippen LogP contribution in [0.3, 0.4) is 0 Å². The summed E-state index contributed by atoms with van der Waals surface area (Å²) in [6, 6.07) is 11.0. The van der Waals surface area contributed by atoms with E-state index in [2.05, 4.69) is 10.3 Å². The molecule has 144 valence electrons. The highest BCUT2D eigenvalue weighted by Gasteiger charge is 2.19. The first kappa shape index (κ1) is 19.8. The summed E-state index contributed by atoms with van der Waals surface area (Å²) in [4.78, 5) is 29.3. The van der Waals surface area contributed by atoms with Crippen molar-refractivity contribution in [3.8, 4) is 0 Å². The zero-order valence-corrected chi connectivity index (χ0v) is 16.1. The number of para-hydroxylation sites is 1. The molecule has 0 spiro atoms. The zero-order chi connectivity index (χ0) is 20.3. The minimum Gasteiger partial charge on any atom is -0.452 e. The van der Waals surface area contributed by atoms with Crippen LogP contribution in [0.1, 0.15) is 28.5 Å². The summed E-state index contributed by atoms with van der Waals surface area (Å²) in [7, 11) is 0. The fourth-order valence-corrected chi connectivity index (χ4v) is 3.12.